The molecule has 0 unspecified atom stereocenters. The van der Waals surface area contributed by atoms with Gasteiger partial charge in [0.1, 0.15) is 17.2 Å². The van der Waals surface area contributed by atoms with Gasteiger partial charge in [0.2, 0.25) is 0 Å². The summed E-state index contributed by atoms with van der Waals surface area (Å²) in [5.41, 5.74) is 2.84. The maximum Gasteiger partial charge on any atom is 0.191 e. The fourth-order valence-electron chi connectivity index (χ4n) is 3.20. The molecular weight excluding hydrogens is 343 g/mol. The average Bonchev–Trinajstić information content (AvgIpc) is 3.27. The Morgan fingerprint density at radius 1 is 1.15 bits per heavy atom. The summed E-state index contributed by atoms with van der Waals surface area (Å²) in [6, 6.07) is 14.8. The SMILES string of the molecule is CN=C(NCCc1c[nH]c2cc(F)ccc12)NCc1cc2ccccc2o1. The number of guanidine groups is 1. The number of benzene rings is 2. The van der Waals surface area contributed by atoms with Crippen LogP contribution in [0, 0.1) is 5.82 Å². The topological polar surface area (TPSA) is 65.3 Å². The van der Waals surface area contributed by atoms with Gasteiger partial charge >= 0.3 is 0 Å². The van der Waals surface area contributed by atoms with Crippen LogP contribution in [0.25, 0.3) is 21.9 Å². The number of furan rings is 1. The Kier molecular flexibility index (Phi) is 4.78. The Morgan fingerprint density at radius 2 is 2.04 bits per heavy atom. The Hall–Kier alpha value is -3.28. The number of fused-ring (bicyclic) bond motifs is 2. The molecule has 6 heteroatoms. The first-order chi connectivity index (χ1) is 13.2. The van der Waals surface area contributed by atoms with E-state index in [0.717, 1.165) is 39.6 Å². The van der Waals surface area contributed by atoms with E-state index in [0.29, 0.717) is 19.0 Å². The highest BCUT2D eigenvalue weighted by atomic mass is 19.1. The van der Waals surface area contributed by atoms with Crippen LogP contribution in [0.2, 0.25) is 0 Å². The zero-order valence-corrected chi connectivity index (χ0v) is 15.1. The van der Waals surface area contributed by atoms with E-state index in [1.807, 2.05) is 42.6 Å². The molecule has 2 heterocycles. The molecule has 27 heavy (non-hydrogen) atoms. The van der Waals surface area contributed by atoms with Crippen molar-refractivity contribution in [2.24, 2.45) is 4.99 Å². The van der Waals surface area contributed by atoms with Gasteiger partial charge in [-0.2, -0.15) is 0 Å². The van der Waals surface area contributed by atoms with Crippen molar-refractivity contribution in [1.82, 2.24) is 15.6 Å². The van der Waals surface area contributed by atoms with Gasteiger partial charge in [0, 0.05) is 36.1 Å². The van der Waals surface area contributed by atoms with E-state index in [1.165, 1.54) is 12.1 Å². The van der Waals surface area contributed by atoms with Crippen LogP contribution in [0.1, 0.15) is 11.3 Å². The molecule has 4 rings (SSSR count). The third-order valence-corrected chi connectivity index (χ3v) is 4.55. The molecule has 0 saturated heterocycles. The number of aromatic nitrogens is 1. The Bertz CT molecular complexity index is 1060. The molecule has 0 aliphatic carbocycles. The third-order valence-electron chi connectivity index (χ3n) is 4.55. The molecule has 0 fully saturated rings. The lowest BCUT2D eigenvalue weighted by atomic mass is 10.1. The molecule has 0 amide bonds. The number of aromatic amines is 1. The van der Waals surface area contributed by atoms with E-state index in [1.54, 1.807) is 7.05 Å². The Morgan fingerprint density at radius 3 is 2.89 bits per heavy atom. The first-order valence-electron chi connectivity index (χ1n) is 8.90. The van der Waals surface area contributed by atoms with Gasteiger partial charge in [-0.1, -0.05) is 18.2 Å². The Labute approximate surface area is 156 Å². The summed E-state index contributed by atoms with van der Waals surface area (Å²) in [6.07, 6.45) is 2.73. The predicted octanol–water partition coefficient (Wildman–Crippen LogP) is 3.96. The molecule has 2 aromatic carbocycles. The zero-order chi connectivity index (χ0) is 18.6. The van der Waals surface area contributed by atoms with Crippen LogP contribution in [0.3, 0.4) is 0 Å². The molecule has 138 valence electrons. The first-order valence-corrected chi connectivity index (χ1v) is 8.90. The fourth-order valence-corrected chi connectivity index (χ4v) is 3.20. The smallest absolute Gasteiger partial charge is 0.191 e. The van der Waals surface area contributed by atoms with Gasteiger partial charge in [-0.05, 0) is 42.3 Å². The van der Waals surface area contributed by atoms with Gasteiger partial charge in [0.25, 0.3) is 0 Å². The van der Waals surface area contributed by atoms with Crippen LogP contribution in [0.5, 0.6) is 0 Å². The van der Waals surface area contributed by atoms with Crippen molar-refractivity contribution in [1.29, 1.82) is 0 Å². The number of rotatable bonds is 5. The van der Waals surface area contributed by atoms with E-state index < -0.39 is 0 Å². The summed E-state index contributed by atoms with van der Waals surface area (Å²) in [5.74, 6) is 1.34. The molecule has 0 aliphatic heterocycles. The van der Waals surface area contributed by atoms with Crippen LogP contribution >= 0.6 is 0 Å². The van der Waals surface area contributed by atoms with Crippen LogP contribution < -0.4 is 10.6 Å². The minimum atomic E-state index is -0.232. The number of para-hydroxylation sites is 1. The molecule has 0 atom stereocenters. The molecule has 4 aromatic rings. The summed E-state index contributed by atoms with van der Waals surface area (Å²) in [5, 5.41) is 8.69. The second kappa shape index (κ2) is 7.53. The molecule has 0 radical (unpaired) electrons. The maximum absolute atomic E-state index is 13.3. The zero-order valence-electron chi connectivity index (χ0n) is 15.1. The van der Waals surface area contributed by atoms with Crippen LogP contribution in [0.4, 0.5) is 4.39 Å². The maximum atomic E-state index is 13.3. The van der Waals surface area contributed by atoms with Crippen LogP contribution in [0.15, 0.2) is 64.1 Å². The van der Waals surface area contributed by atoms with Gasteiger partial charge in [-0.3, -0.25) is 4.99 Å². The lowest BCUT2D eigenvalue weighted by molar-refractivity contribution is 0.538. The molecule has 0 spiro atoms. The van der Waals surface area contributed by atoms with E-state index in [4.69, 9.17) is 4.42 Å². The monoisotopic (exact) mass is 364 g/mol. The standard InChI is InChI=1S/C21H21FN4O/c1-23-21(26-13-17-10-14-4-2-3-5-20(14)27-17)24-9-8-15-12-25-19-11-16(22)6-7-18(15)19/h2-7,10-12,25H,8-9,13H2,1H3,(H2,23,24,26). The van der Waals surface area contributed by atoms with E-state index >= 15 is 0 Å². The van der Waals surface area contributed by atoms with E-state index in [-0.39, 0.29) is 5.82 Å². The minimum Gasteiger partial charge on any atom is -0.459 e. The molecule has 2 aromatic heterocycles. The van der Waals surface area contributed by atoms with Crippen molar-refractivity contribution in [3.8, 4) is 0 Å². The summed E-state index contributed by atoms with van der Waals surface area (Å²) in [6.45, 7) is 1.27. The molecule has 0 aliphatic rings. The van der Waals surface area contributed by atoms with Gasteiger partial charge in [-0.25, -0.2) is 4.39 Å². The quantitative estimate of drug-likeness (QED) is 0.371. The highest BCUT2D eigenvalue weighted by Gasteiger charge is 2.07. The number of aliphatic imine (C=N–C) groups is 1. The molecule has 0 saturated carbocycles. The number of hydrogen-bond acceptors (Lipinski definition) is 2. The molecule has 5 nitrogen and oxygen atoms in total. The van der Waals surface area contributed by atoms with Crippen molar-refractivity contribution in [2.45, 2.75) is 13.0 Å². The second-order valence-electron chi connectivity index (χ2n) is 6.36. The number of H-pyrrole nitrogens is 1. The fraction of sp³-hybridized carbons (Fsp3) is 0.190. The lowest BCUT2D eigenvalue weighted by Gasteiger charge is -2.10. The number of hydrogen-bond donors (Lipinski definition) is 3. The molecule has 0 bridgehead atoms. The number of nitrogens with one attached hydrogen (secondary N) is 3. The van der Waals surface area contributed by atoms with Crippen LogP contribution in [-0.4, -0.2) is 24.5 Å². The van der Waals surface area contributed by atoms with E-state index in [9.17, 15) is 4.39 Å². The largest absolute Gasteiger partial charge is 0.459 e. The average molecular weight is 364 g/mol. The highest BCUT2D eigenvalue weighted by Crippen LogP contribution is 2.20. The lowest BCUT2D eigenvalue weighted by Crippen LogP contribution is -2.37. The summed E-state index contributed by atoms with van der Waals surface area (Å²) >= 11 is 0. The van der Waals surface area contributed by atoms with Gasteiger partial charge < -0.3 is 20.0 Å². The van der Waals surface area contributed by atoms with Crippen molar-refractivity contribution in [3.63, 3.8) is 0 Å². The van der Waals surface area contributed by atoms with Gasteiger partial charge in [0.15, 0.2) is 5.96 Å². The normalized spacial score (nSPS) is 12.0. The summed E-state index contributed by atoms with van der Waals surface area (Å²) < 4.78 is 19.1. The first kappa shape index (κ1) is 17.1. The number of halogens is 1. The van der Waals surface area contributed by atoms with Crippen molar-refractivity contribution >= 4 is 27.8 Å². The minimum absolute atomic E-state index is 0.232. The third kappa shape index (κ3) is 3.79. The summed E-state index contributed by atoms with van der Waals surface area (Å²) in [7, 11) is 1.74. The van der Waals surface area contributed by atoms with Gasteiger partial charge in [0.05, 0.1) is 6.54 Å². The molecular formula is C21H21FN4O. The Balaban J connectivity index is 1.32. The summed E-state index contributed by atoms with van der Waals surface area (Å²) in [4.78, 5) is 7.36. The van der Waals surface area contributed by atoms with Crippen molar-refractivity contribution in [2.75, 3.05) is 13.6 Å². The van der Waals surface area contributed by atoms with Crippen molar-refractivity contribution in [3.05, 3.63) is 71.9 Å². The van der Waals surface area contributed by atoms with Gasteiger partial charge in [-0.15, -0.1) is 0 Å². The predicted molar refractivity (Wildman–Crippen MR) is 106 cm³/mol. The van der Waals surface area contributed by atoms with Crippen LogP contribution in [-0.2, 0) is 13.0 Å². The van der Waals surface area contributed by atoms with Crippen molar-refractivity contribution < 1.29 is 8.81 Å². The van der Waals surface area contributed by atoms with E-state index in [2.05, 4.69) is 20.6 Å². The molecule has 3 N–H and O–H groups in total. The second-order valence-corrected chi connectivity index (χ2v) is 6.36. The highest BCUT2D eigenvalue weighted by molar-refractivity contribution is 5.83. The number of nitrogens with zero attached hydrogens (tertiary/aromatic N) is 1.